The molecule has 0 amide bonds. The van der Waals surface area contributed by atoms with Gasteiger partial charge in [-0.1, -0.05) is 29.8 Å². The molecule has 0 nitrogen and oxygen atoms in total. The first kappa shape index (κ1) is 13.5. The molecule has 0 spiro atoms. The van der Waals surface area contributed by atoms with Crippen molar-refractivity contribution in [1.29, 1.82) is 0 Å². The average molecular weight is 332 g/mol. The molecule has 0 aliphatic rings. The van der Waals surface area contributed by atoms with Crippen LogP contribution in [-0.4, -0.2) is 0 Å². The Balaban J connectivity index is 2.46. The smallest absolute Gasteiger partial charge is 0.137 e. The fourth-order valence-electron chi connectivity index (χ4n) is 1.74. The van der Waals surface area contributed by atoms with Crippen LogP contribution in [0, 0.1) is 18.6 Å². The molecule has 1 unspecified atom stereocenters. The van der Waals surface area contributed by atoms with Crippen molar-refractivity contribution in [2.45, 2.75) is 12.3 Å². The van der Waals surface area contributed by atoms with Gasteiger partial charge in [0.1, 0.15) is 11.6 Å². The lowest BCUT2D eigenvalue weighted by Gasteiger charge is -2.12. The van der Waals surface area contributed by atoms with Crippen LogP contribution in [0.2, 0.25) is 0 Å². The molecule has 0 saturated carbocycles. The van der Waals surface area contributed by atoms with Crippen molar-refractivity contribution in [3.63, 3.8) is 0 Å². The molecule has 2 rings (SSSR count). The Hall–Kier alpha value is -0.930. The second kappa shape index (κ2) is 5.37. The summed E-state index contributed by atoms with van der Waals surface area (Å²) in [7, 11) is 0. The van der Waals surface area contributed by atoms with Crippen molar-refractivity contribution >= 4 is 27.5 Å². The zero-order chi connectivity index (χ0) is 13.3. The maximum atomic E-state index is 13.8. The Morgan fingerprint density at radius 3 is 2.50 bits per heavy atom. The monoisotopic (exact) mass is 330 g/mol. The minimum atomic E-state index is -0.701. The number of alkyl halides is 1. The molecule has 2 aromatic rings. The van der Waals surface area contributed by atoms with Gasteiger partial charge in [-0.05, 0) is 40.5 Å². The van der Waals surface area contributed by atoms with Gasteiger partial charge in [0.15, 0.2) is 0 Å². The molecule has 0 bridgehead atoms. The van der Waals surface area contributed by atoms with Gasteiger partial charge in [0.05, 0.1) is 9.85 Å². The molecule has 4 heteroatoms. The minimum Gasteiger partial charge on any atom is -0.207 e. The van der Waals surface area contributed by atoms with E-state index in [1.165, 1.54) is 0 Å². The summed E-state index contributed by atoms with van der Waals surface area (Å²) in [6.45, 7) is 1.92. The largest absolute Gasteiger partial charge is 0.207 e. The van der Waals surface area contributed by atoms with E-state index in [0.717, 1.165) is 23.3 Å². The molecule has 0 aliphatic heterocycles. The van der Waals surface area contributed by atoms with Crippen molar-refractivity contribution in [2.24, 2.45) is 0 Å². The van der Waals surface area contributed by atoms with Crippen molar-refractivity contribution in [2.75, 3.05) is 0 Å². The van der Waals surface area contributed by atoms with Crippen LogP contribution >= 0.6 is 27.5 Å². The van der Waals surface area contributed by atoms with E-state index in [2.05, 4.69) is 15.9 Å². The van der Waals surface area contributed by atoms with Gasteiger partial charge in [-0.2, -0.15) is 0 Å². The first-order chi connectivity index (χ1) is 8.49. The summed E-state index contributed by atoms with van der Waals surface area (Å²) in [6, 6.07) is 9.63. The number of aryl methyl sites for hydroxylation is 1. The predicted octanol–water partition coefficient (Wildman–Crippen LogP) is 5.36. The molecule has 0 aromatic heterocycles. The minimum absolute atomic E-state index is 0.0943. The van der Waals surface area contributed by atoms with Gasteiger partial charge in [0.25, 0.3) is 0 Å². The highest BCUT2D eigenvalue weighted by Crippen LogP contribution is 2.33. The van der Waals surface area contributed by atoms with Gasteiger partial charge in [-0.15, -0.1) is 11.6 Å². The van der Waals surface area contributed by atoms with Gasteiger partial charge < -0.3 is 0 Å². The lowest BCUT2D eigenvalue weighted by atomic mass is 10.0. The molecule has 0 radical (unpaired) electrons. The highest BCUT2D eigenvalue weighted by Gasteiger charge is 2.17. The number of hydrogen-bond acceptors (Lipinski definition) is 0. The fraction of sp³-hybridized carbons (Fsp3) is 0.143. The number of benzene rings is 2. The van der Waals surface area contributed by atoms with Crippen LogP contribution in [0.25, 0.3) is 0 Å². The Morgan fingerprint density at radius 2 is 1.83 bits per heavy atom. The Labute approximate surface area is 118 Å². The van der Waals surface area contributed by atoms with E-state index in [9.17, 15) is 8.78 Å². The molecule has 0 heterocycles. The van der Waals surface area contributed by atoms with E-state index < -0.39 is 17.0 Å². The SMILES string of the molecule is Cc1cccc(C(Cl)c2cc(F)c(Br)cc2F)c1. The third-order valence-electron chi connectivity index (χ3n) is 2.65. The van der Waals surface area contributed by atoms with E-state index in [4.69, 9.17) is 11.6 Å². The first-order valence-electron chi connectivity index (χ1n) is 5.34. The second-order valence-corrected chi connectivity index (χ2v) is 5.36. The maximum absolute atomic E-state index is 13.8. The molecule has 0 aliphatic carbocycles. The van der Waals surface area contributed by atoms with Gasteiger partial charge in [0, 0.05) is 5.56 Å². The van der Waals surface area contributed by atoms with Crippen molar-refractivity contribution in [3.05, 3.63) is 69.2 Å². The van der Waals surface area contributed by atoms with Crippen molar-refractivity contribution in [1.82, 2.24) is 0 Å². The normalized spacial score (nSPS) is 12.5. The van der Waals surface area contributed by atoms with Crippen molar-refractivity contribution in [3.8, 4) is 0 Å². The fourth-order valence-corrected chi connectivity index (χ4v) is 2.36. The summed E-state index contributed by atoms with van der Waals surface area (Å²) in [6.07, 6.45) is 0. The highest BCUT2D eigenvalue weighted by molar-refractivity contribution is 9.10. The Kier molecular flexibility index (Phi) is 4.03. The van der Waals surface area contributed by atoms with E-state index >= 15 is 0 Å². The predicted molar refractivity (Wildman–Crippen MR) is 72.9 cm³/mol. The Morgan fingerprint density at radius 1 is 1.11 bits per heavy atom. The number of halogens is 4. The zero-order valence-corrected chi connectivity index (χ0v) is 11.9. The zero-order valence-electron chi connectivity index (χ0n) is 9.55. The van der Waals surface area contributed by atoms with E-state index in [1.54, 1.807) is 6.07 Å². The van der Waals surface area contributed by atoms with Crippen LogP contribution in [-0.2, 0) is 0 Å². The van der Waals surface area contributed by atoms with Gasteiger partial charge >= 0.3 is 0 Å². The summed E-state index contributed by atoms with van der Waals surface area (Å²) in [4.78, 5) is 0. The molecule has 0 fully saturated rings. The molecule has 1 atom stereocenters. The maximum Gasteiger partial charge on any atom is 0.137 e. The molecule has 0 saturated heterocycles. The first-order valence-corrected chi connectivity index (χ1v) is 6.57. The Bertz CT molecular complexity index is 584. The van der Waals surface area contributed by atoms with Crippen LogP contribution in [0.3, 0.4) is 0 Å². The lowest BCUT2D eigenvalue weighted by Crippen LogP contribution is -1.99. The summed E-state index contributed by atoms with van der Waals surface area (Å²) in [5.74, 6) is -1.05. The van der Waals surface area contributed by atoms with Crippen LogP contribution in [0.5, 0.6) is 0 Å². The van der Waals surface area contributed by atoms with E-state index in [1.807, 2.05) is 25.1 Å². The topological polar surface area (TPSA) is 0 Å². The molecule has 2 aromatic carbocycles. The van der Waals surface area contributed by atoms with Crippen LogP contribution in [0.1, 0.15) is 22.1 Å². The quantitative estimate of drug-likeness (QED) is 0.513. The standard InChI is InChI=1S/C14H10BrClF2/c1-8-3-2-4-9(5-8)14(16)10-6-13(18)11(15)7-12(10)17/h2-7,14H,1H3. The van der Waals surface area contributed by atoms with Crippen molar-refractivity contribution < 1.29 is 8.78 Å². The molecule has 0 N–H and O–H groups in total. The third-order valence-corrected chi connectivity index (χ3v) is 3.74. The molecular formula is C14H10BrClF2. The lowest BCUT2D eigenvalue weighted by molar-refractivity contribution is 0.582. The average Bonchev–Trinajstić information content (AvgIpc) is 2.33. The van der Waals surface area contributed by atoms with Gasteiger partial charge in [-0.3, -0.25) is 0 Å². The summed E-state index contributed by atoms with van der Waals surface area (Å²) < 4.78 is 27.3. The van der Waals surface area contributed by atoms with E-state index in [0.29, 0.717) is 0 Å². The van der Waals surface area contributed by atoms with Crippen LogP contribution in [0.15, 0.2) is 40.9 Å². The molecule has 94 valence electrons. The van der Waals surface area contributed by atoms with E-state index in [-0.39, 0.29) is 10.0 Å². The van der Waals surface area contributed by atoms with Gasteiger partial charge in [-0.25, -0.2) is 8.78 Å². The van der Waals surface area contributed by atoms with Crippen LogP contribution < -0.4 is 0 Å². The number of rotatable bonds is 2. The molecular weight excluding hydrogens is 322 g/mol. The number of hydrogen-bond donors (Lipinski definition) is 0. The third kappa shape index (κ3) is 2.73. The highest BCUT2D eigenvalue weighted by atomic mass is 79.9. The summed E-state index contributed by atoms with van der Waals surface area (Å²) in [5, 5.41) is -0.701. The summed E-state index contributed by atoms with van der Waals surface area (Å²) in [5.41, 5.74) is 1.91. The second-order valence-electron chi connectivity index (χ2n) is 4.06. The van der Waals surface area contributed by atoms with Crippen LogP contribution in [0.4, 0.5) is 8.78 Å². The van der Waals surface area contributed by atoms with Gasteiger partial charge in [0.2, 0.25) is 0 Å². The molecule has 18 heavy (non-hydrogen) atoms. The summed E-state index contributed by atoms with van der Waals surface area (Å²) >= 11 is 9.15.